The number of thiophene rings is 1. The highest BCUT2D eigenvalue weighted by molar-refractivity contribution is 7.17. The smallest absolute Gasteiger partial charge is 0.338 e. The van der Waals surface area contributed by atoms with Crippen molar-refractivity contribution < 1.29 is 22.8 Å². The van der Waals surface area contributed by atoms with Gasteiger partial charge in [-0.3, -0.25) is 14.5 Å². The molecule has 1 aliphatic heterocycles. The van der Waals surface area contributed by atoms with Gasteiger partial charge in [-0.05, 0) is 75.7 Å². The van der Waals surface area contributed by atoms with Crippen LogP contribution in [0.1, 0.15) is 59.6 Å². The third kappa shape index (κ3) is 10.2. The maximum atomic E-state index is 14.8. The first-order chi connectivity index (χ1) is 25.7. The summed E-state index contributed by atoms with van der Waals surface area (Å²) in [6, 6.07) is 30.6. The minimum absolute atomic E-state index is 0.105. The van der Waals surface area contributed by atoms with Crippen LogP contribution in [0.5, 0.6) is 0 Å². The van der Waals surface area contributed by atoms with Crippen molar-refractivity contribution in [1.29, 1.82) is 0 Å². The number of hydrogen-bond donors (Lipinski definition) is 0. The summed E-state index contributed by atoms with van der Waals surface area (Å²) < 4.78 is 40.8. The van der Waals surface area contributed by atoms with E-state index in [9.17, 15) is 22.8 Å². The summed E-state index contributed by atoms with van der Waals surface area (Å²) in [5.41, 5.74) is 4.07. The molecule has 1 saturated heterocycles. The van der Waals surface area contributed by atoms with Crippen LogP contribution in [0.3, 0.4) is 0 Å². The molecule has 5 nitrogen and oxygen atoms in total. The van der Waals surface area contributed by atoms with Crippen LogP contribution in [0.25, 0.3) is 16.2 Å². The molecule has 5 aromatic rings. The molecule has 2 amide bonds. The number of fused-ring (bicyclic) bond motifs is 1. The normalized spacial score (nSPS) is 14.5. The number of carbonyl (C=O) groups excluding carboxylic acids is 2. The van der Waals surface area contributed by atoms with E-state index < -0.39 is 17.8 Å². The zero-order chi connectivity index (χ0) is 37.2. The lowest BCUT2D eigenvalue weighted by Crippen LogP contribution is -2.56. The number of halogens is 3. The molecule has 0 radical (unpaired) electrons. The van der Waals surface area contributed by atoms with Gasteiger partial charge in [0.1, 0.15) is 6.04 Å². The van der Waals surface area contributed by atoms with Crippen LogP contribution in [0.4, 0.5) is 13.2 Å². The second-order valence-corrected chi connectivity index (χ2v) is 14.7. The van der Waals surface area contributed by atoms with Gasteiger partial charge in [0, 0.05) is 56.5 Å². The zero-order valence-electron chi connectivity index (χ0n) is 30.1. The molecule has 0 N–H and O–H groups in total. The highest BCUT2D eigenvalue weighted by Gasteiger charge is 2.35. The molecule has 53 heavy (non-hydrogen) atoms. The predicted molar refractivity (Wildman–Crippen MR) is 208 cm³/mol. The zero-order valence-corrected chi connectivity index (χ0v) is 30.9. The van der Waals surface area contributed by atoms with E-state index in [1.165, 1.54) is 35.4 Å². The number of rotatable bonds is 14. The third-order valence-corrected chi connectivity index (χ3v) is 11.0. The molecule has 9 heteroatoms. The van der Waals surface area contributed by atoms with Gasteiger partial charge in [-0.25, -0.2) is 0 Å². The Morgan fingerprint density at radius 3 is 2.19 bits per heavy atom. The Balaban J connectivity index is 1.30. The number of hydrogen-bond acceptors (Lipinski definition) is 4. The van der Waals surface area contributed by atoms with Crippen LogP contribution in [-0.4, -0.2) is 58.7 Å². The highest BCUT2D eigenvalue weighted by atomic mass is 32.1. The van der Waals surface area contributed by atoms with Crippen LogP contribution >= 0.6 is 11.3 Å². The Morgan fingerprint density at radius 2 is 1.49 bits per heavy atom. The van der Waals surface area contributed by atoms with Crippen LogP contribution in [0.15, 0.2) is 115 Å². The largest absolute Gasteiger partial charge is 0.416 e. The van der Waals surface area contributed by atoms with Crippen molar-refractivity contribution in [3.8, 4) is 0 Å². The van der Waals surface area contributed by atoms with Gasteiger partial charge >= 0.3 is 6.18 Å². The summed E-state index contributed by atoms with van der Waals surface area (Å²) in [6.07, 6.45) is 3.19. The van der Waals surface area contributed by atoms with Gasteiger partial charge in [0.25, 0.3) is 0 Å². The molecular formula is C44H46F3N3O2S. The molecule has 1 aliphatic rings. The minimum Gasteiger partial charge on any atom is -0.338 e. The molecule has 0 bridgehead atoms. The van der Waals surface area contributed by atoms with Gasteiger partial charge in [0.05, 0.1) is 5.56 Å². The molecule has 0 unspecified atom stereocenters. The Hall–Kier alpha value is -4.73. The van der Waals surface area contributed by atoms with E-state index in [-0.39, 0.29) is 18.4 Å². The number of alkyl halides is 3. The van der Waals surface area contributed by atoms with Gasteiger partial charge < -0.3 is 9.80 Å². The highest BCUT2D eigenvalue weighted by Crippen LogP contribution is 2.30. The fourth-order valence-corrected chi connectivity index (χ4v) is 7.86. The van der Waals surface area contributed by atoms with E-state index in [0.29, 0.717) is 25.1 Å². The van der Waals surface area contributed by atoms with Gasteiger partial charge in [-0.2, -0.15) is 13.2 Å². The van der Waals surface area contributed by atoms with Crippen molar-refractivity contribution in [3.63, 3.8) is 0 Å². The first-order valence-corrected chi connectivity index (χ1v) is 19.3. The summed E-state index contributed by atoms with van der Waals surface area (Å²) >= 11 is 1.62. The van der Waals surface area contributed by atoms with Crippen molar-refractivity contribution in [2.45, 2.75) is 64.3 Å². The fraction of sp³-hybridized carbons (Fsp3) is 0.318. The quantitative estimate of drug-likeness (QED) is 0.0843. The summed E-state index contributed by atoms with van der Waals surface area (Å²) in [5.74, 6) is -0.482. The van der Waals surface area contributed by atoms with Crippen molar-refractivity contribution >= 4 is 39.3 Å². The summed E-state index contributed by atoms with van der Waals surface area (Å²) in [6.45, 7) is 5.72. The fourth-order valence-electron chi connectivity index (χ4n) is 6.88. The average molecular weight is 738 g/mol. The van der Waals surface area contributed by atoms with Crippen molar-refractivity contribution in [2.24, 2.45) is 0 Å². The molecule has 0 aliphatic carbocycles. The van der Waals surface area contributed by atoms with E-state index >= 15 is 0 Å². The molecule has 1 fully saturated rings. The number of carbonyl (C=O) groups is 2. The monoisotopic (exact) mass is 737 g/mol. The molecule has 1 atom stereocenters. The number of nitrogens with zero attached hydrogens (tertiary/aromatic N) is 3. The van der Waals surface area contributed by atoms with E-state index in [1.54, 1.807) is 16.2 Å². The van der Waals surface area contributed by atoms with Crippen LogP contribution in [-0.2, 0) is 41.7 Å². The molecule has 0 saturated carbocycles. The lowest BCUT2D eigenvalue weighted by atomic mass is 10.00. The van der Waals surface area contributed by atoms with Gasteiger partial charge in [-0.1, -0.05) is 105 Å². The predicted octanol–water partition coefficient (Wildman–Crippen LogP) is 9.65. The maximum Gasteiger partial charge on any atom is 0.416 e. The number of amides is 2. The minimum atomic E-state index is -4.45. The lowest BCUT2D eigenvalue weighted by molar-refractivity contribution is -0.145. The third-order valence-electron chi connectivity index (χ3n) is 9.95. The number of aryl methyl sites for hydroxylation is 1. The van der Waals surface area contributed by atoms with Gasteiger partial charge in [0.2, 0.25) is 11.8 Å². The summed E-state index contributed by atoms with van der Waals surface area (Å²) in [4.78, 5) is 35.0. The molecule has 1 aromatic heterocycles. The molecule has 276 valence electrons. The Kier molecular flexibility index (Phi) is 12.8. The second-order valence-electron chi connectivity index (χ2n) is 13.8. The van der Waals surface area contributed by atoms with E-state index in [1.807, 2.05) is 47.4 Å². The second kappa shape index (κ2) is 17.9. The van der Waals surface area contributed by atoms with Crippen molar-refractivity contribution in [1.82, 2.24) is 14.7 Å². The van der Waals surface area contributed by atoms with Crippen LogP contribution in [0, 0.1) is 0 Å². The van der Waals surface area contributed by atoms with Crippen LogP contribution < -0.4 is 0 Å². The average Bonchev–Trinajstić information content (AvgIpc) is 3.59. The Bertz CT molecular complexity index is 1970. The lowest BCUT2D eigenvalue weighted by Gasteiger charge is -2.39. The Morgan fingerprint density at radius 1 is 0.811 bits per heavy atom. The Labute approximate surface area is 314 Å². The van der Waals surface area contributed by atoms with Crippen molar-refractivity contribution in [2.75, 3.05) is 26.2 Å². The first-order valence-electron chi connectivity index (χ1n) is 18.4. The van der Waals surface area contributed by atoms with E-state index in [0.717, 1.165) is 78.7 Å². The summed E-state index contributed by atoms with van der Waals surface area (Å²) in [5, 5.41) is 3.14. The molecule has 6 rings (SSSR count). The van der Waals surface area contributed by atoms with E-state index in [4.69, 9.17) is 0 Å². The number of unbranched alkanes of at least 4 members (excludes halogenated alkanes) is 2. The maximum absolute atomic E-state index is 14.8. The summed E-state index contributed by atoms with van der Waals surface area (Å²) in [7, 11) is 0. The van der Waals surface area contributed by atoms with Gasteiger partial charge in [0.15, 0.2) is 0 Å². The van der Waals surface area contributed by atoms with Crippen molar-refractivity contribution in [3.05, 3.63) is 148 Å². The molecule has 4 aromatic carbocycles. The SMILES string of the molecule is CCCCCc1ccc(CN(C(=O)C=Cc2ccc(C(F)(F)F)cc2)[C@@H](Cc2csc3ccccc23)C(=O)N2CCN(Cc3ccccc3)CC2)cc1. The number of piperazine rings is 1. The molecule has 0 spiro atoms. The van der Waals surface area contributed by atoms with Gasteiger partial charge in [-0.15, -0.1) is 11.3 Å². The first kappa shape index (κ1) is 38.0. The van der Waals surface area contributed by atoms with E-state index in [2.05, 4.69) is 53.6 Å². The van der Waals surface area contributed by atoms with Crippen LogP contribution in [0.2, 0.25) is 0 Å². The molecular weight excluding hydrogens is 692 g/mol. The number of benzene rings is 4. The molecule has 2 heterocycles. The topological polar surface area (TPSA) is 43.9 Å². The standard InChI is InChI=1S/C44H46F3N3O2S/c1-2-3-5-10-33-15-17-36(18-16-33)31-50(42(51)24-21-34-19-22-38(23-20-34)44(45,46)47)40(29-37-32-53-41-14-9-8-13-39(37)41)43(52)49-27-25-48(26-28-49)30-35-11-6-4-7-12-35/h4,6-9,11-24,32,40H,2-3,5,10,25-31H2,1H3/t40-/m0/s1.